The summed E-state index contributed by atoms with van der Waals surface area (Å²) in [4.78, 5) is 4.72. The molecule has 1 heterocycles. The second-order valence-corrected chi connectivity index (χ2v) is 5.53. The predicted molar refractivity (Wildman–Crippen MR) is 79.9 cm³/mol. The molecule has 0 aliphatic carbocycles. The standard InChI is InChI=1S/C15H25N3O/c1-11(16)15-13(6-5-7-14(15)19-4)18-9-8-12(10-18)17(2)3/h5-7,11-12H,8-10,16H2,1-4H3/t11-,12?/m1/s1. The van der Waals surface area contributed by atoms with E-state index < -0.39 is 0 Å². The summed E-state index contributed by atoms with van der Waals surface area (Å²) >= 11 is 0. The van der Waals surface area contributed by atoms with Crippen molar-refractivity contribution in [2.45, 2.75) is 25.4 Å². The zero-order valence-electron chi connectivity index (χ0n) is 12.4. The van der Waals surface area contributed by atoms with Crippen molar-refractivity contribution in [1.29, 1.82) is 0 Å². The molecule has 106 valence electrons. The molecule has 1 aromatic rings. The maximum Gasteiger partial charge on any atom is 0.125 e. The molecule has 0 spiro atoms. The number of ether oxygens (including phenoxy) is 1. The van der Waals surface area contributed by atoms with E-state index in [-0.39, 0.29) is 6.04 Å². The van der Waals surface area contributed by atoms with Gasteiger partial charge in [0.1, 0.15) is 5.75 Å². The van der Waals surface area contributed by atoms with Crippen molar-refractivity contribution in [3.63, 3.8) is 0 Å². The number of hydrogen-bond donors (Lipinski definition) is 1. The fourth-order valence-electron chi connectivity index (χ4n) is 2.83. The van der Waals surface area contributed by atoms with E-state index >= 15 is 0 Å². The minimum atomic E-state index is -0.0236. The van der Waals surface area contributed by atoms with Gasteiger partial charge in [0.25, 0.3) is 0 Å². The van der Waals surface area contributed by atoms with Crippen LogP contribution < -0.4 is 15.4 Å². The van der Waals surface area contributed by atoms with Crippen molar-refractivity contribution in [3.8, 4) is 5.75 Å². The Labute approximate surface area is 116 Å². The molecule has 0 amide bonds. The molecule has 1 unspecified atom stereocenters. The molecule has 1 fully saturated rings. The summed E-state index contributed by atoms with van der Waals surface area (Å²) < 4.78 is 5.46. The van der Waals surface area contributed by atoms with Gasteiger partial charge in [0.05, 0.1) is 7.11 Å². The third kappa shape index (κ3) is 2.85. The molecule has 1 aliphatic heterocycles. The average molecular weight is 263 g/mol. The van der Waals surface area contributed by atoms with E-state index in [2.05, 4.69) is 30.0 Å². The molecule has 4 nitrogen and oxygen atoms in total. The number of benzene rings is 1. The van der Waals surface area contributed by atoms with Gasteiger partial charge in [-0.15, -0.1) is 0 Å². The number of nitrogens with two attached hydrogens (primary N) is 1. The van der Waals surface area contributed by atoms with Crippen LogP contribution in [0.1, 0.15) is 24.9 Å². The van der Waals surface area contributed by atoms with Crippen molar-refractivity contribution >= 4 is 5.69 Å². The number of anilines is 1. The van der Waals surface area contributed by atoms with Gasteiger partial charge in [-0.05, 0) is 39.6 Å². The molecule has 0 bridgehead atoms. The van der Waals surface area contributed by atoms with E-state index in [0.717, 1.165) is 24.4 Å². The summed E-state index contributed by atoms with van der Waals surface area (Å²) in [5.74, 6) is 0.890. The normalized spacial score (nSPS) is 20.9. The Morgan fingerprint density at radius 3 is 2.68 bits per heavy atom. The van der Waals surface area contributed by atoms with E-state index in [1.54, 1.807) is 7.11 Å². The third-order valence-corrected chi connectivity index (χ3v) is 3.95. The van der Waals surface area contributed by atoms with Crippen LogP contribution in [0, 0.1) is 0 Å². The monoisotopic (exact) mass is 263 g/mol. The Kier molecular flexibility index (Phi) is 4.32. The van der Waals surface area contributed by atoms with Crippen molar-refractivity contribution in [2.24, 2.45) is 5.73 Å². The van der Waals surface area contributed by atoms with E-state index in [4.69, 9.17) is 10.5 Å². The van der Waals surface area contributed by atoms with E-state index in [9.17, 15) is 0 Å². The molecule has 2 atom stereocenters. The number of rotatable bonds is 4. The lowest BCUT2D eigenvalue weighted by atomic mass is 10.0. The zero-order chi connectivity index (χ0) is 14.0. The molecular weight excluding hydrogens is 238 g/mol. The first-order valence-corrected chi connectivity index (χ1v) is 6.88. The highest BCUT2D eigenvalue weighted by atomic mass is 16.5. The lowest BCUT2D eigenvalue weighted by Crippen LogP contribution is -2.32. The Morgan fingerprint density at radius 1 is 1.42 bits per heavy atom. The number of methoxy groups -OCH3 is 1. The smallest absolute Gasteiger partial charge is 0.125 e. The largest absolute Gasteiger partial charge is 0.496 e. The highest BCUT2D eigenvalue weighted by Gasteiger charge is 2.27. The van der Waals surface area contributed by atoms with Crippen molar-refractivity contribution in [2.75, 3.05) is 39.2 Å². The van der Waals surface area contributed by atoms with Gasteiger partial charge in [-0.1, -0.05) is 6.07 Å². The highest BCUT2D eigenvalue weighted by Crippen LogP contribution is 2.35. The topological polar surface area (TPSA) is 41.7 Å². The lowest BCUT2D eigenvalue weighted by Gasteiger charge is -2.26. The summed E-state index contributed by atoms with van der Waals surface area (Å²) in [6, 6.07) is 6.78. The fraction of sp³-hybridized carbons (Fsp3) is 0.600. The Balaban J connectivity index is 2.30. The Morgan fingerprint density at radius 2 is 2.16 bits per heavy atom. The Hall–Kier alpha value is -1.26. The highest BCUT2D eigenvalue weighted by molar-refractivity contribution is 5.61. The van der Waals surface area contributed by atoms with Crippen LogP contribution in [0.15, 0.2) is 18.2 Å². The van der Waals surface area contributed by atoms with Crippen LogP contribution in [0.25, 0.3) is 0 Å². The van der Waals surface area contributed by atoms with Gasteiger partial charge in [-0.25, -0.2) is 0 Å². The molecule has 1 aromatic carbocycles. The van der Waals surface area contributed by atoms with Crippen LogP contribution in [0.2, 0.25) is 0 Å². The van der Waals surface area contributed by atoms with Gasteiger partial charge in [-0.3, -0.25) is 0 Å². The summed E-state index contributed by atoms with van der Waals surface area (Å²) in [6.45, 7) is 4.15. The minimum Gasteiger partial charge on any atom is -0.496 e. The van der Waals surface area contributed by atoms with Crippen LogP contribution in [0.3, 0.4) is 0 Å². The molecule has 1 aliphatic rings. The van der Waals surface area contributed by atoms with Crippen LogP contribution in [0.4, 0.5) is 5.69 Å². The first-order valence-electron chi connectivity index (χ1n) is 6.88. The van der Waals surface area contributed by atoms with Crippen LogP contribution >= 0.6 is 0 Å². The third-order valence-electron chi connectivity index (χ3n) is 3.95. The molecule has 1 saturated heterocycles. The second kappa shape index (κ2) is 5.80. The summed E-state index contributed by atoms with van der Waals surface area (Å²) in [5.41, 5.74) is 8.47. The second-order valence-electron chi connectivity index (χ2n) is 5.53. The van der Waals surface area contributed by atoms with Crippen molar-refractivity contribution in [1.82, 2.24) is 4.90 Å². The van der Waals surface area contributed by atoms with E-state index in [1.165, 1.54) is 12.1 Å². The van der Waals surface area contributed by atoms with Crippen molar-refractivity contribution in [3.05, 3.63) is 23.8 Å². The Bertz CT molecular complexity index is 431. The molecule has 0 aromatic heterocycles. The van der Waals surface area contributed by atoms with E-state index in [0.29, 0.717) is 6.04 Å². The van der Waals surface area contributed by atoms with Gasteiger partial charge in [0.2, 0.25) is 0 Å². The lowest BCUT2D eigenvalue weighted by molar-refractivity contribution is 0.315. The molecule has 19 heavy (non-hydrogen) atoms. The van der Waals surface area contributed by atoms with Crippen LogP contribution in [-0.2, 0) is 0 Å². The number of hydrogen-bond acceptors (Lipinski definition) is 4. The van der Waals surface area contributed by atoms with Gasteiger partial charge < -0.3 is 20.3 Å². The average Bonchev–Trinajstić information content (AvgIpc) is 2.87. The maximum absolute atomic E-state index is 6.14. The summed E-state index contributed by atoms with van der Waals surface area (Å²) in [7, 11) is 6.00. The molecule has 0 saturated carbocycles. The molecule has 2 rings (SSSR count). The first-order chi connectivity index (χ1) is 9.04. The summed E-state index contributed by atoms with van der Waals surface area (Å²) in [5, 5.41) is 0. The molecule has 4 heteroatoms. The first kappa shape index (κ1) is 14.2. The fourth-order valence-corrected chi connectivity index (χ4v) is 2.83. The maximum atomic E-state index is 6.14. The summed E-state index contributed by atoms with van der Waals surface area (Å²) in [6.07, 6.45) is 1.20. The zero-order valence-corrected chi connectivity index (χ0v) is 12.4. The number of likely N-dealkylation sites (N-methyl/N-ethyl adjacent to an activating group) is 1. The van der Waals surface area contributed by atoms with Crippen LogP contribution in [0.5, 0.6) is 5.75 Å². The van der Waals surface area contributed by atoms with Gasteiger partial charge in [-0.2, -0.15) is 0 Å². The van der Waals surface area contributed by atoms with Crippen LogP contribution in [-0.4, -0.2) is 45.2 Å². The SMILES string of the molecule is COc1cccc(N2CCC(N(C)C)C2)c1[C@@H](C)N. The number of nitrogens with zero attached hydrogens (tertiary/aromatic N) is 2. The van der Waals surface area contributed by atoms with E-state index in [1.807, 2.05) is 19.1 Å². The van der Waals surface area contributed by atoms with Gasteiger partial charge in [0, 0.05) is 36.4 Å². The quantitative estimate of drug-likeness (QED) is 0.900. The molecular formula is C15H25N3O. The van der Waals surface area contributed by atoms with Gasteiger partial charge >= 0.3 is 0 Å². The minimum absolute atomic E-state index is 0.0236. The van der Waals surface area contributed by atoms with Crippen molar-refractivity contribution < 1.29 is 4.74 Å². The molecule has 0 radical (unpaired) electrons. The van der Waals surface area contributed by atoms with Gasteiger partial charge in [0.15, 0.2) is 0 Å². The molecule has 2 N–H and O–H groups in total. The predicted octanol–water partition coefficient (Wildman–Crippen LogP) is 1.86.